The Morgan fingerprint density at radius 3 is 2.52 bits per heavy atom. The van der Waals surface area contributed by atoms with Crippen molar-refractivity contribution in [1.82, 2.24) is 15.0 Å². The van der Waals surface area contributed by atoms with E-state index >= 15 is 0 Å². The van der Waals surface area contributed by atoms with Gasteiger partial charge in [-0.15, -0.1) is 0 Å². The zero-order valence-corrected chi connectivity index (χ0v) is 13.6. The van der Waals surface area contributed by atoms with Gasteiger partial charge in [-0.3, -0.25) is 0 Å². The summed E-state index contributed by atoms with van der Waals surface area (Å²) in [4.78, 5) is 12.6. The van der Waals surface area contributed by atoms with Gasteiger partial charge in [0, 0.05) is 11.0 Å². The highest BCUT2D eigenvalue weighted by Crippen LogP contribution is 2.30. The van der Waals surface area contributed by atoms with E-state index in [1.54, 1.807) is 7.11 Å². The molecule has 0 saturated heterocycles. The van der Waals surface area contributed by atoms with Gasteiger partial charge in [0.1, 0.15) is 5.75 Å². The second-order valence-electron chi connectivity index (χ2n) is 3.97. The van der Waals surface area contributed by atoms with Crippen molar-refractivity contribution in [3.05, 3.63) is 22.7 Å². The lowest BCUT2D eigenvalue weighted by Gasteiger charge is -2.12. The minimum atomic E-state index is 0.234. The van der Waals surface area contributed by atoms with Gasteiger partial charge in [0.15, 0.2) is 0 Å². The van der Waals surface area contributed by atoms with Crippen LogP contribution >= 0.6 is 15.9 Å². The number of halogens is 1. The van der Waals surface area contributed by atoms with Crippen LogP contribution in [-0.4, -0.2) is 35.7 Å². The number of nitrogens with zero attached hydrogens (tertiary/aromatic N) is 3. The molecule has 112 valence electrons. The predicted molar refractivity (Wildman–Crippen MR) is 84.5 cm³/mol. The molecule has 21 heavy (non-hydrogen) atoms. The molecule has 0 aliphatic rings. The molecular weight excluding hydrogens is 338 g/mol. The number of hydrogen-bond donors (Lipinski definition) is 2. The van der Waals surface area contributed by atoms with E-state index in [1.807, 2.05) is 25.1 Å². The Morgan fingerprint density at radius 2 is 1.86 bits per heavy atom. The summed E-state index contributed by atoms with van der Waals surface area (Å²) in [6.45, 7) is 2.66. The fraction of sp³-hybridized carbons (Fsp3) is 0.308. The molecule has 7 nitrogen and oxygen atoms in total. The van der Waals surface area contributed by atoms with Crippen LogP contribution in [0.15, 0.2) is 22.7 Å². The normalized spacial score (nSPS) is 10.1. The summed E-state index contributed by atoms with van der Waals surface area (Å²) in [5.41, 5.74) is 0.738. The van der Waals surface area contributed by atoms with Crippen LogP contribution in [-0.2, 0) is 0 Å². The molecule has 1 aromatic heterocycles. The van der Waals surface area contributed by atoms with Gasteiger partial charge >= 0.3 is 6.01 Å². The molecule has 2 N–H and O–H groups in total. The molecule has 2 aromatic rings. The summed E-state index contributed by atoms with van der Waals surface area (Å²) in [7, 11) is 3.11. The molecule has 8 heteroatoms. The van der Waals surface area contributed by atoms with Crippen LogP contribution in [0.3, 0.4) is 0 Å². The van der Waals surface area contributed by atoms with Gasteiger partial charge in [0.2, 0.25) is 11.9 Å². The van der Waals surface area contributed by atoms with E-state index in [4.69, 9.17) is 9.47 Å². The summed E-state index contributed by atoms with van der Waals surface area (Å²) in [5.74, 6) is 1.50. The van der Waals surface area contributed by atoms with Gasteiger partial charge in [0.25, 0.3) is 0 Å². The van der Waals surface area contributed by atoms with Crippen LogP contribution in [0.4, 0.5) is 17.6 Å². The maximum Gasteiger partial charge on any atom is 0.322 e. The van der Waals surface area contributed by atoms with E-state index in [9.17, 15) is 0 Å². The first-order chi connectivity index (χ1) is 10.2. The highest BCUT2D eigenvalue weighted by atomic mass is 79.9. The Kier molecular flexibility index (Phi) is 5.15. The summed E-state index contributed by atoms with van der Waals surface area (Å²) in [5, 5.41) is 6.13. The van der Waals surface area contributed by atoms with Crippen LogP contribution in [0.2, 0.25) is 0 Å². The first-order valence-corrected chi connectivity index (χ1v) is 7.10. The standard InChI is InChI=1S/C13H16BrN5O2/c1-4-15-11-17-12(19-13(18-11)21-3)16-9-7-8(14)5-6-10(9)20-2/h5-7H,4H2,1-3H3,(H2,15,16,17,18,19). The highest BCUT2D eigenvalue weighted by molar-refractivity contribution is 9.10. The molecule has 1 heterocycles. The summed E-state index contributed by atoms with van der Waals surface area (Å²) in [6.07, 6.45) is 0. The lowest BCUT2D eigenvalue weighted by molar-refractivity contribution is 0.379. The Labute approximate surface area is 131 Å². The van der Waals surface area contributed by atoms with Crippen molar-refractivity contribution in [2.45, 2.75) is 6.92 Å². The van der Waals surface area contributed by atoms with Gasteiger partial charge < -0.3 is 20.1 Å². The van der Waals surface area contributed by atoms with Crippen molar-refractivity contribution in [3.63, 3.8) is 0 Å². The Morgan fingerprint density at radius 1 is 1.10 bits per heavy atom. The lowest BCUT2D eigenvalue weighted by atomic mass is 10.3. The second-order valence-corrected chi connectivity index (χ2v) is 4.88. The number of benzene rings is 1. The number of hydrogen-bond acceptors (Lipinski definition) is 7. The Balaban J connectivity index is 2.34. The monoisotopic (exact) mass is 353 g/mol. The third-order valence-corrected chi connectivity index (χ3v) is 3.03. The third kappa shape index (κ3) is 3.94. The lowest BCUT2D eigenvalue weighted by Crippen LogP contribution is -2.08. The number of anilines is 3. The smallest absolute Gasteiger partial charge is 0.322 e. The molecule has 0 atom stereocenters. The molecule has 0 amide bonds. The van der Waals surface area contributed by atoms with Gasteiger partial charge in [-0.05, 0) is 25.1 Å². The maximum atomic E-state index is 5.31. The summed E-state index contributed by atoms with van der Waals surface area (Å²) in [6, 6.07) is 5.84. The molecule has 1 aromatic carbocycles. The first-order valence-electron chi connectivity index (χ1n) is 6.30. The quantitative estimate of drug-likeness (QED) is 0.826. The number of methoxy groups -OCH3 is 2. The van der Waals surface area contributed by atoms with E-state index in [0.717, 1.165) is 10.2 Å². The van der Waals surface area contributed by atoms with Gasteiger partial charge in [-0.1, -0.05) is 15.9 Å². The SMILES string of the molecule is CCNc1nc(Nc2cc(Br)ccc2OC)nc(OC)n1. The number of rotatable bonds is 6. The number of ether oxygens (including phenoxy) is 2. The van der Waals surface area contributed by atoms with Crippen molar-refractivity contribution < 1.29 is 9.47 Å². The van der Waals surface area contributed by atoms with E-state index in [0.29, 0.717) is 24.2 Å². The van der Waals surface area contributed by atoms with Crippen molar-refractivity contribution in [2.75, 3.05) is 31.4 Å². The van der Waals surface area contributed by atoms with Crippen LogP contribution in [0.1, 0.15) is 6.92 Å². The molecule has 0 unspecified atom stereocenters. The molecule has 0 aliphatic carbocycles. The minimum absolute atomic E-state index is 0.234. The highest BCUT2D eigenvalue weighted by Gasteiger charge is 2.09. The molecule has 2 rings (SSSR count). The first kappa shape index (κ1) is 15.3. The summed E-state index contributed by atoms with van der Waals surface area (Å²) >= 11 is 3.42. The maximum absolute atomic E-state index is 5.31. The Bertz CT molecular complexity index is 624. The van der Waals surface area contributed by atoms with Gasteiger partial charge in [-0.2, -0.15) is 15.0 Å². The predicted octanol–water partition coefficient (Wildman–Crippen LogP) is 2.83. The fourth-order valence-electron chi connectivity index (χ4n) is 1.64. The molecule has 0 radical (unpaired) electrons. The van der Waals surface area contributed by atoms with Gasteiger partial charge in [-0.25, -0.2) is 0 Å². The molecule has 0 saturated carbocycles. The van der Waals surface area contributed by atoms with Crippen LogP contribution in [0.25, 0.3) is 0 Å². The molecule has 0 bridgehead atoms. The summed E-state index contributed by atoms with van der Waals surface area (Å²) < 4.78 is 11.3. The minimum Gasteiger partial charge on any atom is -0.495 e. The van der Waals surface area contributed by atoms with E-state index in [2.05, 4.69) is 41.5 Å². The van der Waals surface area contributed by atoms with E-state index < -0.39 is 0 Å². The number of nitrogens with one attached hydrogen (secondary N) is 2. The number of aromatic nitrogens is 3. The molecule has 0 aliphatic heterocycles. The average molecular weight is 354 g/mol. The largest absolute Gasteiger partial charge is 0.495 e. The van der Waals surface area contributed by atoms with E-state index in [-0.39, 0.29) is 6.01 Å². The average Bonchev–Trinajstić information content (AvgIpc) is 2.47. The second kappa shape index (κ2) is 7.07. The van der Waals surface area contributed by atoms with Gasteiger partial charge in [0.05, 0.1) is 19.9 Å². The molecular formula is C13H16BrN5O2. The third-order valence-electron chi connectivity index (χ3n) is 2.54. The van der Waals surface area contributed by atoms with Crippen molar-refractivity contribution in [3.8, 4) is 11.8 Å². The van der Waals surface area contributed by atoms with Crippen LogP contribution < -0.4 is 20.1 Å². The molecule has 0 spiro atoms. The van der Waals surface area contributed by atoms with Crippen molar-refractivity contribution in [1.29, 1.82) is 0 Å². The van der Waals surface area contributed by atoms with Crippen molar-refractivity contribution >= 4 is 33.5 Å². The fourth-order valence-corrected chi connectivity index (χ4v) is 2.00. The Hall–Kier alpha value is -2.09. The van der Waals surface area contributed by atoms with Crippen LogP contribution in [0, 0.1) is 0 Å². The zero-order valence-electron chi connectivity index (χ0n) is 12.0. The topological polar surface area (TPSA) is 81.2 Å². The van der Waals surface area contributed by atoms with E-state index in [1.165, 1.54) is 7.11 Å². The van der Waals surface area contributed by atoms with Crippen LogP contribution in [0.5, 0.6) is 11.8 Å². The zero-order chi connectivity index (χ0) is 15.2. The van der Waals surface area contributed by atoms with Crippen molar-refractivity contribution in [2.24, 2.45) is 0 Å². The molecule has 0 fully saturated rings.